The van der Waals surface area contributed by atoms with Crippen LogP contribution in [0.15, 0.2) is 201 Å². The molecule has 0 aliphatic heterocycles. The number of hydrogen-bond acceptors (Lipinski definition) is 1. The van der Waals surface area contributed by atoms with E-state index in [4.69, 9.17) is 0 Å². The minimum Gasteiger partial charge on any atom is -0.313 e. The number of nitrogens with zero attached hydrogens (tertiary/aromatic N) is 3. The Hall–Kier alpha value is -6.84. The third-order valence-electron chi connectivity index (χ3n) is 10.00. The molecule has 7 aromatic carbocycles. The highest BCUT2D eigenvalue weighted by atomic mass is 15.1. The Morgan fingerprint density at radius 2 is 0.904 bits per heavy atom. The zero-order valence-electron chi connectivity index (χ0n) is 29.0. The van der Waals surface area contributed by atoms with Crippen molar-refractivity contribution < 1.29 is 0 Å². The predicted molar refractivity (Wildman–Crippen MR) is 223 cm³/mol. The van der Waals surface area contributed by atoms with E-state index in [-0.39, 0.29) is 0 Å². The number of hydrogen-bond donors (Lipinski definition) is 0. The zero-order valence-corrected chi connectivity index (χ0v) is 29.0. The van der Waals surface area contributed by atoms with Crippen molar-refractivity contribution in [2.45, 2.75) is 6.92 Å². The zero-order chi connectivity index (χ0) is 35.0. The van der Waals surface area contributed by atoms with Gasteiger partial charge in [0.15, 0.2) is 0 Å². The van der Waals surface area contributed by atoms with Crippen molar-refractivity contribution in [3.8, 4) is 11.1 Å². The first-order valence-electron chi connectivity index (χ1n) is 17.7. The molecule has 0 amide bonds. The first kappa shape index (κ1) is 31.2. The first-order valence-corrected chi connectivity index (χ1v) is 17.7. The quantitative estimate of drug-likeness (QED) is 0.147. The Morgan fingerprint density at radius 3 is 1.46 bits per heavy atom. The summed E-state index contributed by atoms with van der Waals surface area (Å²) in [6.07, 6.45) is 6.28. The standard InChI is InChI=1S/C49H37N3/c1-3-16-41(33-35(2)50-46-24-13-10-21-42(46)43-22-11-14-25-47(43)50)52-48-26-15-12-23-44(48)45-34-37(29-32-49(45)52)36-27-30-40(31-28-36)51(38-17-6-4-7-18-38)39-19-8-5-9-20-39/h3-34H,1H2,2H3/b35-33+,41-16+. The maximum Gasteiger partial charge on any atom is 0.0541 e. The van der Waals surface area contributed by atoms with Crippen LogP contribution in [-0.2, 0) is 0 Å². The number of allylic oxidation sites excluding steroid dienone is 5. The van der Waals surface area contributed by atoms with Gasteiger partial charge in [-0.05, 0) is 96.9 Å². The van der Waals surface area contributed by atoms with E-state index in [9.17, 15) is 0 Å². The second-order valence-corrected chi connectivity index (χ2v) is 13.1. The summed E-state index contributed by atoms with van der Waals surface area (Å²) in [5.74, 6) is 0. The molecule has 2 aromatic heterocycles. The number of rotatable bonds is 8. The summed E-state index contributed by atoms with van der Waals surface area (Å²) >= 11 is 0. The second-order valence-electron chi connectivity index (χ2n) is 13.1. The number of anilines is 3. The van der Waals surface area contributed by atoms with Crippen molar-refractivity contribution in [1.29, 1.82) is 0 Å². The van der Waals surface area contributed by atoms with Gasteiger partial charge < -0.3 is 14.0 Å². The average Bonchev–Trinajstić information content (AvgIpc) is 3.72. The third-order valence-corrected chi connectivity index (χ3v) is 10.00. The third kappa shape index (κ3) is 5.31. The number of para-hydroxylation sites is 5. The largest absolute Gasteiger partial charge is 0.313 e. The van der Waals surface area contributed by atoms with Gasteiger partial charge in [0.2, 0.25) is 0 Å². The summed E-state index contributed by atoms with van der Waals surface area (Å²) in [6.45, 7) is 6.32. The van der Waals surface area contributed by atoms with Gasteiger partial charge in [0, 0.05) is 50.0 Å². The minimum absolute atomic E-state index is 1.06. The van der Waals surface area contributed by atoms with Crippen LogP contribution in [0.1, 0.15) is 6.92 Å². The van der Waals surface area contributed by atoms with Gasteiger partial charge in [0.1, 0.15) is 0 Å². The van der Waals surface area contributed by atoms with E-state index in [1.807, 2.05) is 6.08 Å². The van der Waals surface area contributed by atoms with Crippen molar-refractivity contribution in [3.05, 3.63) is 201 Å². The lowest BCUT2D eigenvalue weighted by Gasteiger charge is -2.25. The predicted octanol–water partition coefficient (Wildman–Crippen LogP) is 13.6. The van der Waals surface area contributed by atoms with Crippen LogP contribution in [0.25, 0.3) is 66.1 Å². The normalized spacial score (nSPS) is 12.2. The van der Waals surface area contributed by atoms with E-state index in [0.29, 0.717) is 0 Å². The molecule has 0 aliphatic rings. The summed E-state index contributed by atoms with van der Waals surface area (Å²) in [5.41, 5.74) is 12.6. The molecule has 0 aliphatic carbocycles. The number of benzene rings is 7. The van der Waals surface area contributed by atoms with E-state index in [0.717, 1.165) is 39.5 Å². The van der Waals surface area contributed by atoms with Crippen molar-refractivity contribution in [2.24, 2.45) is 0 Å². The van der Waals surface area contributed by atoms with Crippen molar-refractivity contribution in [2.75, 3.05) is 4.90 Å². The van der Waals surface area contributed by atoms with E-state index < -0.39 is 0 Å². The Morgan fingerprint density at radius 1 is 0.462 bits per heavy atom. The fourth-order valence-corrected chi connectivity index (χ4v) is 7.72. The van der Waals surface area contributed by atoms with Crippen LogP contribution in [-0.4, -0.2) is 9.13 Å². The lowest BCUT2D eigenvalue weighted by molar-refractivity contribution is 1.18. The van der Waals surface area contributed by atoms with Crippen molar-refractivity contribution in [1.82, 2.24) is 9.13 Å². The Labute approximate surface area is 303 Å². The lowest BCUT2D eigenvalue weighted by atomic mass is 10.0. The molecule has 0 bridgehead atoms. The van der Waals surface area contributed by atoms with Gasteiger partial charge in [-0.1, -0.05) is 122 Å². The molecule has 3 heteroatoms. The van der Waals surface area contributed by atoms with Crippen molar-refractivity contribution in [3.63, 3.8) is 0 Å². The van der Waals surface area contributed by atoms with Gasteiger partial charge in [-0.3, -0.25) is 0 Å². The minimum atomic E-state index is 1.06. The van der Waals surface area contributed by atoms with Crippen molar-refractivity contribution >= 4 is 72.1 Å². The molecule has 0 saturated carbocycles. The van der Waals surface area contributed by atoms with Crippen LogP contribution >= 0.6 is 0 Å². The molecule has 0 fully saturated rings. The molecule has 52 heavy (non-hydrogen) atoms. The summed E-state index contributed by atoms with van der Waals surface area (Å²) < 4.78 is 4.74. The summed E-state index contributed by atoms with van der Waals surface area (Å²) in [6, 6.07) is 62.8. The molecule has 9 aromatic rings. The Kier molecular flexibility index (Phi) is 7.87. The fourth-order valence-electron chi connectivity index (χ4n) is 7.72. The maximum atomic E-state index is 4.12. The molecular weight excluding hydrogens is 631 g/mol. The number of aromatic nitrogens is 2. The second kappa shape index (κ2) is 13.1. The maximum absolute atomic E-state index is 4.12. The van der Waals surface area contributed by atoms with Gasteiger partial charge in [-0.2, -0.15) is 0 Å². The molecule has 2 heterocycles. The SMILES string of the molecule is C=C/C=C(\C=C(/C)n1c2ccccc2c2ccccc21)n1c2ccccc2c2cc(-c3ccc(N(c4ccccc4)c4ccccc4)cc3)ccc21. The monoisotopic (exact) mass is 667 g/mol. The van der Waals surface area contributed by atoms with Crippen LogP contribution in [0.3, 0.4) is 0 Å². The van der Waals surface area contributed by atoms with E-state index in [1.54, 1.807) is 0 Å². The van der Waals surface area contributed by atoms with E-state index in [1.165, 1.54) is 43.7 Å². The number of fused-ring (bicyclic) bond motifs is 6. The van der Waals surface area contributed by atoms with Crippen LogP contribution in [0, 0.1) is 0 Å². The molecule has 0 N–H and O–H groups in total. The molecule has 0 atom stereocenters. The first-order chi connectivity index (χ1) is 25.7. The Balaban J connectivity index is 1.14. The van der Waals surface area contributed by atoms with Crippen LogP contribution in [0.2, 0.25) is 0 Å². The van der Waals surface area contributed by atoms with Crippen LogP contribution in [0.5, 0.6) is 0 Å². The Bertz CT molecular complexity index is 2700. The molecule has 0 saturated heterocycles. The van der Waals surface area contributed by atoms with Crippen LogP contribution < -0.4 is 4.90 Å². The molecule has 9 rings (SSSR count). The van der Waals surface area contributed by atoms with Gasteiger partial charge >= 0.3 is 0 Å². The van der Waals surface area contributed by atoms with Crippen LogP contribution in [0.4, 0.5) is 17.1 Å². The van der Waals surface area contributed by atoms with Gasteiger partial charge in [-0.15, -0.1) is 0 Å². The molecule has 0 unspecified atom stereocenters. The highest BCUT2D eigenvalue weighted by Crippen LogP contribution is 2.39. The highest BCUT2D eigenvalue weighted by Gasteiger charge is 2.17. The smallest absolute Gasteiger partial charge is 0.0541 e. The highest BCUT2D eigenvalue weighted by molar-refractivity contribution is 6.13. The topological polar surface area (TPSA) is 13.1 Å². The fraction of sp³-hybridized carbons (Fsp3) is 0.0204. The van der Waals surface area contributed by atoms with Gasteiger partial charge in [-0.25, -0.2) is 0 Å². The van der Waals surface area contributed by atoms with E-state index in [2.05, 4.69) is 216 Å². The molecule has 0 radical (unpaired) electrons. The summed E-state index contributed by atoms with van der Waals surface area (Å²) in [4.78, 5) is 2.29. The van der Waals surface area contributed by atoms with E-state index >= 15 is 0 Å². The molecule has 248 valence electrons. The van der Waals surface area contributed by atoms with Gasteiger partial charge in [0.05, 0.1) is 22.1 Å². The average molecular weight is 668 g/mol. The lowest BCUT2D eigenvalue weighted by Crippen LogP contribution is -2.09. The summed E-state index contributed by atoms with van der Waals surface area (Å²) in [5, 5.41) is 4.94. The summed E-state index contributed by atoms with van der Waals surface area (Å²) in [7, 11) is 0. The van der Waals surface area contributed by atoms with Gasteiger partial charge in [0.25, 0.3) is 0 Å². The molecule has 0 spiro atoms. The molecular formula is C49H37N3. The molecule has 3 nitrogen and oxygen atoms in total.